The number of thiophene rings is 1. The second kappa shape index (κ2) is 7.88. The predicted octanol–water partition coefficient (Wildman–Crippen LogP) is 2.77. The van der Waals surface area contributed by atoms with Crippen LogP contribution in [0, 0.1) is 17.0 Å². The first-order valence-electron chi connectivity index (χ1n) is 8.76. The van der Waals surface area contributed by atoms with Gasteiger partial charge >= 0.3 is 5.69 Å². The van der Waals surface area contributed by atoms with E-state index in [2.05, 4.69) is 5.32 Å². The molecule has 0 spiro atoms. The lowest BCUT2D eigenvalue weighted by molar-refractivity contribution is -0.383. The molecule has 1 aromatic carbocycles. The maximum Gasteiger partial charge on any atom is 0.305 e. The second-order valence-corrected chi connectivity index (χ2v) is 10.1. The summed E-state index contributed by atoms with van der Waals surface area (Å²) in [6.45, 7) is 2.89. The fourth-order valence-corrected chi connectivity index (χ4v) is 5.29. The van der Waals surface area contributed by atoms with Crippen molar-refractivity contribution in [3.63, 3.8) is 0 Å². The molecular weight excluding hydrogens is 402 g/mol. The second-order valence-electron chi connectivity index (χ2n) is 6.83. The van der Waals surface area contributed by atoms with Crippen molar-refractivity contribution in [1.29, 1.82) is 0 Å². The first-order chi connectivity index (χ1) is 13.2. The van der Waals surface area contributed by atoms with Crippen molar-refractivity contribution in [3.8, 4) is 0 Å². The van der Waals surface area contributed by atoms with Gasteiger partial charge in [0, 0.05) is 37.0 Å². The van der Waals surface area contributed by atoms with Gasteiger partial charge in [-0.25, -0.2) is 8.42 Å². The molecule has 0 saturated carbocycles. The number of nitrogens with zero attached hydrogens (tertiary/aromatic N) is 2. The molecule has 1 N–H and O–H groups in total. The molecule has 1 aliphatic heterocycles. The van der Waals surface area contributed by atoms with Crippen LogP contribution in [0.2, 0.25) is 0 Å². The van der Waals surface area contributed by atoms with E-state index >= 15 is 0 Å². The number of nitrogens with one attached hydrogen (secondary N) is 1. The molecule has 10 heteroatoms. The average molecular weight is 424 g/mol. The van der Waals surface area contributed by atoms with Crippen LogP contribution in [0.1, 0.15) is 28.8 Å². The molecule has 3 rings (SSSR count). The van der Waals surface area contributed by atoms with E-state index in [4.69, 9.17) is 0 Å². The van der Waals surface area contributed by atoms with E-state index in [9.17, 15) is 23.3 Å². The van der Waals surface area contributed by atoms with Crippen molar-refractivity contribution in [2.45, 2.75) is 30.0 Å². The van der Waals surface area contributed by atoms with E-state index in [1.165, 1.54) is 0 Å². The van der Waals surface area contributed by atoms with Gasteiger partial charge in [-0.1, -0.05) is 29.5 Å². The Kier molecular flexibility index (Phi) is 5.71. The number of sulfone groups is 1. The van der Waals surface area contributed by atoms with Gasteiger partial charge in [0.05, 0.1) is 4.92 Å². The Morgan fingerprint density at radius 1 is 1.29 bits per heavy atom. The summed E-state index contributed by atoms with van der Waals surface area (Å²) in [6, 6.07) is 8.45. The van der Waals surface area contributed by atoms with Crippen LogP contribution in [0.25, 0.3) is 0 Å². The minimum Gasteiger partial charge on any atom is -0.358 e. The number of piperidine rings is 1. The van der Waals surface area contributed by atoms with Gasteiger partial charge < -0.3 is 10.2 Å². The summed E-state index contributed by atoms with van der Waals surface area (Å²) >= 11 is 0.924. The Morgan fingerprint density at radius 3 is 2.50 bits per heavy atom. The van der Waals surface area contributed by atoms with Crippen LogP contribution in [-0.4, -0.2) is 44.6 Å². The highest BCUT2D eigenvalue weighted by Crippen LogP contribution is 2.40. The van der Waals surface area contributed by atoms with Crippen molar-refractivity contribution < 1.29 is 18.1 Å². The summed E-state index contributed by atoms with van der Waals surface area (Å²) in [5.41, 5.74) is 1.35. The fourth-order valence-electron chi connectivity index (χ4n) is 3.21. The molecule has 0 bridgehead atoms. The molecule has 0 aliphatic carbocycles. The predicted molar refractivity (Wildman–Crippen MR) is 108 cm³/mol. The van der Waals surface area contributed by atoms with E-state index in [0.717, 1.165) is 29.2 Å². The SMILES string of the molecule is Cc1ccccc1C(=O)NC1CCN(c2sc(S(C)(=O)=O)cc2[N+](=O)[O-])CC1. The zero-order valence-electron chi connectivity index (χ0n) is 15.5. The summed E-state index contributed by atoms with van der Waals surface area (Å²) in [5.74, 6) is -0.127. The molecule has 0 atom stereocenters. The zero-order valence-corrected chi connectivity index (χ0v) is 17.2. The summed E-state index contributed by atoms with van der Waals surface area (Å²) in [5, 5.41) is 14.7. The zero-order chi connectivity index (χ0) is 20.5. The molecule has 150 valence electrons. The topological polar surface area (TPSA) is 110 Å². The van der Waals surface area contributed by atoms with E-state index in [0.29, 0.717) is 36.5 Å². The van der Waals surface area contributed by atoms with Gasteiger partial charge in [0.25, 0.3) is 5.91 Å². The lowest BCUT2D eigenvalue weighted by Gasteiger charge is -2.32. The molecule has 0 unspecified atom stereocenters. The number of hydrogen-bond donors (Lipinski definition) is 1. The number of hydrogen-bond acceptors (Lipinski definition) is 7. The number of rotatable bonds is 5. The molecule has 0 radical (unpaired) electrons. The Balaban J connectivity index is 1.69. The van der Waals surface area contributed by atoms with Crippen LogP contribution < -0.4 is 10.2 Å². The van der Waals surface area contributed by atoms with E-state index < -0.39 is 14.8 Å². The van der Waals surface area contributed by atoms with Crippen LogP contribution in [0.4, 0.5) is 10.7 Å². The van der Waals surface area contributed by atoms with Gasteiger partial charge in [0.2, 0.25) is 0 Å². The van der Waals surface area contributed by atoms with E-state index in [1.54, 1.807) is 6.07 Å². The van der Waals surface area contributed by atoms with Gasteiger partial charge in [0.1, 0.15) is 4.21 Å². The first-order valence-corrected chi connectivity index (χ1v) is 11.5. The summed E-state index contributed by atoms with van der Waals surface area (Å²) < 4.78 is 23.5. The molecule has 1 aromatic heterocycles. The van der Waals surface area contributed by atoms with Gasteiger partial charge in [0.15, 0.2) is 14.8 Å². The standard InChI is InChI=1S/C18H21N3O5S2/c1-12-5-3-4-6-14(12)17(22)19-13-7-9-20(10-8-13)18-15(21(23)24)11-16(27-18)28(2,25)26/h3-6,11,13H,7-10H2,1-2H3,(H,19,22). The number of aryl methyl sites for hydroxylation is 1. The third kappa shape index (κ3) is 4.33. The molecule has 1 saturated heterocycles. The average Bonchev–Trinajstić information content (AvgIpc) is 3.09. The highest BCUT2D eigenvalue weighted by molar-refractivity contribution is 7.92. The minimum atomic E-state index is -3.51. The normalized spacial score (nSPS) is 15.4. The third-order valence-electron chi connectivity index (χ3n) is 4.74. The summed E-state index contributed by atoms with van der Waals surface area (Å²) in [7, 11) is -3.51. The van der Waals surface area contributed by atoms with Crippen molar-refractivity contribution in [2.75, 3.05) is 24.2 Å². The molecule has 2 aromatic rings. The smallest absolute Gasteiger partial charge is 0.305 e. The number of carbonyl (C=O) groups is 1. The third-order valence-corrected chi connectivity index (χ3v) is 7.73. The molecular formula is C18H21N3O5S2. The number of amides is 1. The van der Waals surface area contributed by atoms with Crippen molar-refractivity contribution in [3.05, 3.63) is 51.6 Å². The number of carbonyl (C=O) groups excluding carboxylic acids is 1. The molecule has 2 heterocycles. The van der Waals surface area contributed by atoms with Crippen LogP contribution in [-0.2, 0) is 9.84 Å². The molecule has 1 fully saturated rings. The Labute approximate surface area is 167 Å². The maximum absolute atomic E-state index is 12.5. The molecule has 1 aliphatic rings. The number of nitro groups is 1. The Hall–Kier alpha value is -2.46. The number of benzene rings is 1. The van der Waals surface area contributed by atoms with Crippen molar-refractivity contribution >= 4 is 37.8 Å². The highest BCUT2D eigenvalue weighted by Gasteiger charge is 2.30. The number of anilines is 1. The fraction of sp³-hybridized carbons (Fsp3) is 0.389. The lowest BCUT2D eigenvalue weighted by atomic mass is 10.0. The van der Waals surface area contributed by atoms with Gasteiger partial charge in [-0.05, 0) is 31.4 Å². The highest BCUT2D eigenvalue weighted by atomic mass is 32.2. The van der Waals surface area contributed by atoms with E-state index in [-0.39, 0.29) is 21.8 Å². The molecule has 8 nitrogen and oxygen atoms in total. The Morgan fingerprint density at radius 2 is 1.93 bits per heavy atom. The molecule has 28 heavy (non-hydrogen) atoms. The van der Waals surface area contributed by atoms with Gasteiger partial charge in [-0.3, -0.25) is 14.9 Å². The van der Waals surface area contributed by atoms with Gasteiger partial charge in [-0.2, -0.15) is 0 Å². The largest absolute Gasteiger partial charge is 0.358 e. The summed E-state index contributed by atoms with van der Waals surface area (Å²) in [6.07, 6.45) is 2.29. The monoisotopic (exact) mass is 423 g/mol. The van der Waals surface area contributed by atoms with Crippen molar-refractivity contribution in [1.82, 2.24) is 5.32 Å². The first kappa shape index (κ1) is 20.3. The molecule has 1 amide bonds. The maximum atomic E-state index is 12.5. The van der Waals surface area contributed by atoms with Crippen LogP contribution >= 0.6 is 11.3 Å². The quantitative estimate of drug-likeness (QED) is 0.585. The van der Waals surface area contributed by atoms with E-state index in [1.807, 2.05) is 30.0 Å². The van der Waals surface area contributed by atoms with Gasteiger partial charge in [-0.15, -0.1) is 0 Å². The van der Waals surface area contributed by atoms with Crippen LogP contribution in [0.3, 0.4) is 0 Å². The van der Waals surface area contributed by atoms with Crippen LogP contribution in [0.15, 0.2) is 34.5 Å². The van der Waals surface area contributed by atoms with Crippen molar-refractivity contribution in [2.24, 2.45) is 0 Å². The summed E-state index contributed by atoms with van der Waals surface area (Å²) in [4.78, 5) is 25.1. The van der Waals surface area contributed by atoms with Crippen LogP contribution in [0.5, 0.6) is 0 Å². The lowest BCUT2D eigenvalue weighted by Crippen LogP contribution is -2.44. The Bertz CT molecular complexity index is 1010. The minimum absolute atomic E-state index is 0.0100.